The molecule has 0 N–H and O–H groups in total. The van der Waals surface area contributed by atoms with E-state index in [2.05, 4.69) is 172 Å². The molecule has 10 rings (SSSR count). The van der Waals surface area contributed by atoms with Gasteiger partial charge in [0.15, 0.2) is 0 Å². The minimum absolute atomic E-state index is 0.300. The Labute approximate surface area is 322 Å². The normalized spacial score (nSPS) is 16.1. The van der Waals surface area contributed by atoms with E-state index in [0.29, 0.717) is 7.25 Å². The molecule has 254 valence electrons. The monoisotopic (exact) mass is 760 g/mol. The van der Waals surface area contributed by atoms with Gasteiger partial charge in [0.1, 0.15) is 0 Å². The summed E-state index contributed by atoms with van der Waals surface area (Å²) in [5, 5.41) is 5.06. The Hall–Kier alpha value is -5.24. The van der Waals surface area contributed by atoms with E-state index in [1.54, 1.807) is 0 Å². The van der Waals surface area contributed by atoms with Gasteiger partial charge in [-0.1, -0.05) is 0 Å². The van der Waals surface area contributed by atoms with Crippen LogP contribution in [-0.4, -0.2) is 0 Å². The third-order valence-corrected chi connectivity index (χ3v) is 15.9. The third-order valence-electron chi connectivity index (χ3n) is 11.2. The van der Waals surface area contributed by atoms with Crippen LogP contribution in [0.4, 0.5) is 0 Å². The van der Waals surface area contributed by atoms with Crippen molar-refractivity contribution >= 4 is 44.8 Å². The number of hydrogen-bond acceptors (Lipinski definition) is 2. The second kappa shape index (κ2) is 13.3. The Morgan fingerprint density at radius 1 is 0.453 bits per heavy atom. The van der Waals surface area contributed by atoms with Crippen LogP contribution < -0.4 is 0 Å². The first-order chi connectivity index (χ1) is 26.1. The molecule has 0 saturated carbocycles. The molecule has 0 fully saturated rings. The van der Waals surface area contributed by atoms with Gasteiger partial charge in [0, 0.05) is 0 Å². The Kier molecular flexibility index (Phi) is 8.14. The molecule has 0 amide bonds. The van der Waals surface area contributed by atoms with E-state index in [-0.39, 0.29) is 0 Å². The average Bonchev–Trinajstić information content (AvgIpc) is 4.03. The number of fused-ring (bicyclic) bond motifs is 4. The molecule has 2 aliphatic carbocycles. The van der Waals surface area contributed by atoms with Gasteiger partial charge in [0.05, 0.1) is 0 Å². The summed E-state index contributed by atoms with van der Waals surface area (Å²) in [5.41, 5.74) is 13.3. The van der Waals surface area contributed by atoms with E-state index < -0.39 is 23.2 Å². The SMILES string of the molecule is CCc1ccc(C2=Cc3c(-c4ccc5ccccc5c4)cccc3[CH]2[Zr][CH]2C(c3ccc(CC)o3)=Cc3c(-c4ccc5ccccc5c4)cccc32)o1. The molecule has 0 radical (unpaired) electrons. The Balaban J connectivity index is 1.12. The van der Waals surface area contributed by atoms with Crippen LogP contribution in [0.1, 0.15) is 66.4 Å². The van der Waals surface area contributed by atoms with Gasteiger partial charge in [-0.05, 0) is 0 Å². The number of aryl methyl sites for hydroxylation is 2. The van der Waals surface area contributed by atoms with E-state index in [1.807, 2.05) is 0 Å². The second-order valence-electron chi connectivity index (χ2n) is 14.2. The van der Waals surface area contributed by atoms with Gasteiger partial charge in [-0.2, -0.15) is 0 Å². The first kappa shape index (κ1) is 32.4. The zero-order valence-corrected chi connectivity index (χ0v) is 32.4. The predicted octanol–water partition coefficient (Wildman–Crippen LogP) is 13.6. The minimum atomic E-state index is -1.36. The van der Waals surface area contributed by atoms with E-state index in [4.69, 9.17) is 8.83 Å². The van der Waals surface area contributed by atoms with Crippen molar-refractivity contribution < 1.29 is 32.1 Å². The third kappa shape index (κ3) is 5.65. The summed E-state index contributed by atoms with van der Waals surface area (Å²) < 4.78 is 13.8. The summed E-state index contributed by atoms with van der Waals surface area (Å²) in [6, 6.07) is 53.7. The van der Waals surface area contributed by atoms with Crippen molar-refractivity contribution in [1.29, 1.82) is 0 Å². The molecule has 2 aromatic heterocycles. The Morgan fingerprint density at radius 2 is 0.906 bits per heavy atom. The Bertz CT molecular complexity index is 2570. The molecular weight excluding hydrogens is 724 g/mol. The molecule has 2 heterocycles. The molecule has 0 spiro atoms. The van der Waals surface area contributed by atoms with Crippen molar-refractivity contribution in [2.45, 2.75) is 33.9 Å². The number of hydrogen-bond donors (Lipinski definition) is 0. The molecule has 2 unspecified atom stereocenters. The molecule has 0 aliphatic heterocycles. The van der Waals surface area contributed by atoms with Crippen molar-refractivity contribution in [3.05, 3.63) is 191 Å². The van der Waals surface area contributed by atoms with Crippen molar-refractivity contribution in [1.82, 2.24) is 0 Å². The standard InChI is InChI=1S/2C25H19O.Zr/c2*1-2-22-12-13-25(26-22)21-15-19-8-5-9-23(24(19)16-21)20-11-10-17-6-3-4-7-18(17)14-20;/h2*3-16H,2H2,1H3;. The van der Waals surface area contributed by atoms with Crippen molar-refractivity contribution in [3.63, 3.8) is 0 Å². The number of furan rings is 2. The molecule has 3 heteroatoms. The zero-order valence-electron chi connectivity index (χ0n) is 29.9. The van der Waals surface area contributed by atoms with Gasteiger partial charge in [0.2, 0.25) is 0 Å². The van der Waals surface area contributed by atoms with Gasteiger partial charge in [0.25, 0.3) is 0 Å². The fraction of sp³-hybridized carbons (Fsp3) is 0.120. The fourth-order valence-electron chi connectivity index (χ4n) is 8.42. The molecule has 53 heavy (non-hydrogen) atoms. The van der Waals surface area contributed by atoms with Gasteiger partial charge in [-0.3, -0.25) is 0 Å². The molecule has 2 nitrogen and oxygen atoms in total. The zero-order chi connectivity index (χ0) is 35.5. The molecule has 0 saturated heterocycles. The van der Waals surface area contributed by atoms with Gasteiger partial charge >= 0.3 is 324 Å². The van der Waals surface area contributed by atoms with E-state index in [9.17, 15) is 0 Å². The van der Waals surface area contributed by atoms with E-state index in [1.165, 1.54) is 77.2 Å². The second-order valence-corrected chi connectivity index (χ2v) is 17.9. The number of rotatable bonds is 8. The van der Waals surface area contributed by atoms with Crippen LogP contribution in [0.5, 0.6) is 0 Å². The van der Waals surface area contributed by atoms with Crippen molar-refractivity contribution in [2.75, 3.05) is 0 Å². The maximum absolute atomic E-state index is 6.58. The number of benzene rings is 6. The molecule has 2 aliphatic rings. The first-order valence-corrected chi connectivity index (χ1v) is 21.6. The van der Waals surface area contributed by atoms with Crippen molar-refractivity contribution in [2.24, 2.45) is 0 Å². The summed E-state index contributed by atoms with van der Waals surface area (Å²) >= 11 is -1.36. The summed E-state index contributed by atoms with van der Waals surface area (Å²) in [4.78, 5) is 0. The van der Waals surface area contributed by atoms with E-state index in [0.717, 1.165) is 35.9 Å². The molecular formula is C50H38O2Zr. The topological polar surface area (TPSA) is 26.3 Å². The van der Waals surface area contributed by atoms with Crippen LogP contribution in [-0.2, 0) is 36.1 Å². The van der Waals surface area contributed by atoms with Crippen LogP contribution in [0.3, 0.4) is 0 Å². The summed E-state index contributed by atoms with van der Waals surface area (Å²) in [6.07, 6.45) is 6.67. The molecule has 6 aromatic carbocycles. The van der Waals surface area contributed by atoms with Crippen LogP contribution in [0.15, 0.2) is 154 Å². The van der Waals surface area contributed by atoms with Crippen LogP contribution >= 0.6 is 0 Å². The first-order valence-electron chi connectivity index (χ1n) is 18.8. The molecule has 2 atom stereocenters. The fourth-order valence-corrected chi connectivity index (χ4v) is 13.4. The summed E-state index contributed by atoms with van der Waals surface area (Å²) in [5.74, 6) is 4.08. The Morgan fingerprint density at radius 3 is 1.34 bits per heavy atom. The van der Waals surface area contributed by atoms with Crippen LogP contribution in [0.25, 0.3) is 67.1 Å². The summed E-state index contributed by atoms with van der Waals surface area (Å²) in [7, 11) is 0. The van der Waals surface area contributed by atoms with Gasteiger partial charge in [-0.25, -0.2) is 0 Å². The van der Waals surface area contributed by atoms with Crippen LogP contribution in [0.2, 0.25) is 0 Å². The maximum atomic E-state index is 6.58. The van der Waals surface area contributed by atoms with E-state index >= 15 is 0 Å². The van der Waals surface area contributed by atoms with Crippen molar-refractivity contribution in [3.8, 4) is 22.3 Å². The number of allylic oxidation sites excluding steroid dienone is 2. The summed E-state index contributed by atoms with van der Waals surface area (Å²) in [6.45, 7) is 4.33. The predicted molar refractivity (Wildman–Crippen MR) is 216 cm³/mol. The van der Waals surface area contributed by atoms with Gasteiger partial charge < -0.3 is 0 Å². The average molecular weight is 762 g/mol. The molecule has 0 bridgehead atoms. The molecule has 8 aromatic rings. The van der Waals surface area contributed by atoms with Gasteiger partial charge in [-0.15, -0.1) is 0 Å². The quantitative estimate of drug-likeness (QED) is 0.154. The van der Waals surface area contributed by atoms with Crippen LogP contribution in [0, 0.1) is 0 Å².